The van der Waals surface area contributed by atoms with Gasteiger partial charge in [-0.25, -0.2) is 0 Å². The minimum atomic E-state index is -0.226. The third kappa shape index (κ3) is 3.93. The third-order valence-electron chi connectivity index (χ3n) is 3.58. The van der Waals surface area contributed by atoms with Crippen molar-refractivity contribution in [1.29, 1.82) is 0 Å². The Hall–Kier alpha value is -1.13. The first-order chi connectivity index (χ1) is 9.86. The minimum Gasteiger partial charge on any atom is -0.0836 e. The molecule has 0 saturated carbocycles. The number of hydrogen-bond donors (Lipinski definition) is 0. The summed E-state index contributed by atoms with van der Waals surface area (Å²) >= 11 is 0. The van der Waals surface area contributed by atoms with Gasteiger partial charge < -0.3 is 0 Å². The summed E-state index contributed by atoms with van der Waals surface area (Å²) in [6.07, 6.45) is 16.4. The summed E-state index contributed by atoms with van der Waals surface area (Å²) < 4.78 is 0. The van der Waals surface area contributed by atoms with Gasteiger partial charge in [-0.15, -0.1) is 0 Å². The molecule has 0 aliphatic heterocycles. The van der Waals surface area contributed by atoms with Crippen molar-refractivity contribution in [3.63, 3.8) is 0 Å². The molecule has 2 rings (SSSR count). The first kappa shape index (κ1) is 15.3. The van der Waals surface area contributed by atoms with Crippen LogP contribution >= 0.6 is 7.92 Å². The predicted octanol–water partition coefficient (Wildman–Crippen LogP) is 5.77. The maximum absolute atomic E-state index is 2.48. The van der Waals surface area contributed by atoms with Crippen molar-refractivity contribution in [2.24, 2.45) is 0 Å². The van der Waals surface area contributed by atoms with E-state index in [-0.39, 0.29) is 7.92 Å². The van der Waals surface area contributed by atoms with Gasteiger partial charge in [0, 0.05) is 5.66 Å². The maximum atomic E-state index is 2.48. The van der Waals surface area contributed by atoms with E-state index in [1.54, 1.807) is 5.31 Å². The van der Waals surface area contributed by atoms with Crippen molar-refractivity contribution in [3.8, 4) is 0 Å². The molecule has 0 N–H and O–H groups in total. The summed E-state index contributed by atoms with van der Waals surface area (Å²) in [5.41, 5.74) is 0.668. The molecule has 0 spiro atoms. The lowest BCUT2D eigenvalue weighted by molar-refractivity contribution is 0.930. The fourth-order valence-electron chi connectivity index (χ4n) is 2.73. The molecule has 0 aromatic heterocycles. The average molecular weight is 284 g/mol. The summed E-state index contributed by atoms with van der Waals surface area (Å²) in [5.74, 6) is 0. The average Bonchev–Trinajstić information content (AvgIpc) is 2.50. The van der Waals surface area contributed by atoms with Crippen LogP contribution < -0.4 is 5.30 Å². The van der Waals surface area contributed by atoms with E-state index in [2.05, 4.69) is 74.6 Å². The van der Waals surface area contributed by atoms with Crippen LogP contribution in [-0.2, 0) is 0 Å². The highest BCUT2D eigenvalue weighted by atomic mass is 31.1. The van der Waals surface area contributed by atoms with Crippen molar-refractivity contribution in [2.75, 3.05) is 0 Å². The van der Waals surface area contributed by atoms with Gasteiger partial charge >= 0.3 is 0 Å². The third-order valence-corrected chi connectivity index (χ3v) is 6.51. The summed E-state index contributed by atoms with van der Waals surface area (Å²) in [4.78, 5) is 0. The van der Waals surface area contributed by atoms with Crippen LogP contribution in [0.15, 0.2) is 66.0 Å². The Kier molecular flexibility index (Phi) is 6.27. The Morgan fingerprint density at radius 2 is 2.00 bits per heavy atom. The van der Waals surface area contributed by atoms with E-state index < -0.39 is 0 Å². The molecule has 0 saturated heterocycles. The predicted molar refractivity (Wildman–Crippen MR) is 93.0 cm³/mol. The lowest BCUT2D eigenvalue weighted by atomic mass is 10.2. The Bertz CT molecular complexity index is 482. The molecule has 0 amide bonds. The molecule has 0 nitrogen and oxygen atoms in total. The zero-order valence-corrected chi connectivity index (χ0v) is 13.5. The van der Waals surface area contributed by atoms with Crippen LogP contribution in [0.4, 0.5) is 0 Å². The van der Waals surface area contributed by atoms with Crippen LogP contribution in [-0.4, -0.2) is 5.66 Å². The standard InChI is InChI=1S/C19H25P/c1-3-11-17(12-4-2)20(18-13-7-5-8-14-18)19-15-9-6-10-16-19/h5-11,13-15,19H,3-4,12,16H2,1-2H3/b17-11+/t19-,20?/m0/s1. The van der Waals surface area contributed by atoms with E-state index in [1.165, 1.54) is 24.6 Å². The van der Waals surface area contributed by atoms with Gasteiger partial charge in [0.1, 0.15) is 0 Å². The smallest absolute Gasteiger partial charge is 0.00852 e. The fourth-order valence-corrected chi connectivity index (χ4v) is 5.81. The monoisotopic (exact) mass is 284 g/mol. The van der Waals surface area contributed by atoms with Gasteiger partial charge in [-0.2, -0.15) is 0 Å². The number of allylic oxidation sites excluding steroid dienone is 6. The summed E-state index contributed by atoms with van der Waals surface area (Å²) in [7, 11) is -0.226. The highest BCUT2D eigenvalue weighted by Gasteiger charge is 2.23. The van der Waals surface area contributed by atoms with Gasteiger partial charge in [0.25, 0.3) is 0 Å². The van der Waals surface area contributed by atoms with E-state index in [0.717, 1.165) is 6.42 Å². The van der Waals surface area contributed by atoms with Crippen LogP contribution in [0.5, 0.6) is 0 Å². The van der Waals surface area contributed by atoms with E-state index in [0.29, 0.717) is 5.66 Å². The van der Waals surface area contributed by atoms with E-state index >= 15 is 0 Å². The molecule has 1 aliphatic carbocycles. The lowest BCUT2D eigenvalue weighted by Crippen LogP contribution is -2.14. The number of rotatable bonds is 6. The molecule has 1 aromatic rings. The SMILES string of the molecule is CC/C=C(\CCC)P(c1ccccc1)[C@H]1C=CC=CC1. The van der Waals surface area contributed by atoms with Gasteiger partial charge in [0.2, 0.25) is 0 Å². The molecule has 1 unspecified atom stereocenters. The molecular formula is C19H25P. The summed E-state index contributed by atoms with van der Waals surface area (Å²) in [6, 6.07) is 11.1. The van der Waals surface area contributed by atoms with Crippen LogP contribution in [0.25, 0.3) is 0 Å². The van der Waals surface area contributed by atoms with Gasteiger partial charge in [0.15, 0.2) is 0 Å². The Balaban J connectivity index is 2.35. The Labute approximate surface area is 125 Å². The van der Waals surface area contributed by atoms with Crippen LogP contribution in [0, 0.1) is 0 Å². The minimum absolute atomic E-state index is 0.226. The van der Waals surface area contributed by atoms with Crippen molar-refractivity contribution >= 4 is 13.2 Å². The van der Waals surface area contributed by atoms with E-state index in [1.807, 2.05) is 0 Å². The van der Waals surface area contributed by atoms with Gasteiger partial charge in [-0.3, -0.25) is 0 Å². The van der Waals surface area contributed by atoms with Crippen molar-refractivity contribution < 1.29 is 0 Å². The van der Waals surface area contributed by atoms with E-state index in [9.17, 15) is 0 Å². The molecule has 1 aliphatic rings. The molecule has 1 aromatic carbocycles. The Morgan fingerprint density at radius 1 is 1.20 bits per heavy atom. The molecule has 1 heteroatoms. The fraction of sp³-hybridized carbons (Fsp3) is 0.368. The molecule has 2 atom stereocenters. The van der Waals surface area contributed by atoms with Crippen LogP contribution in [0.2, 0.25) is 0 Å². The van der Waals surface area contributed by atoms with Gasteiger partial charge in [-0.1, -0.05) is 81.0 Å². The molecule has 0 fully saturated rings. The molecule has 0 radical (unpaired) electrons. The first-order valence-electron chi connectivity index (χ1n) is 7.73. The number of benzene rings is 1. The first-order valence-corrected chi connectivity index (χ1v) is 9.14. The molecule has 0 heterocycles. The molecule has 106 valence electrons. The topological polar surface area (TPSA) is 0 Å². The van der Waals surface area contributed by atoms with Crippen LogP contribution in [0.3, 0.4) is 0 Å². The highest BCUT2D eigenvalue weighted by Crippen LogP contribution is 2.52. The highest BCUT2D eigenvalue weighted by molar-refractivity contribution is 7.70. The zero-order valence-electron chi connectivity index (χ0n) is 12.6. The van der Waals surface area contributed by atoms with Crippen molar-refractivity contribution in [3.05, 3.63) is 66.0 Å². The second-order valence-corrected chi connectivity index (χ2v) is 7.67. The summed E-state index contributed by atoms with van der Waals surface area (Å²) in [5, 5.41) is 3.21. The maximum Gasteiger partial charge on any atom is 0.00852 e. The molecular weight excluding hydrogens is 259 g/mol. The van der Waals surface area contributed by atoms with E-state index in [4.69, 9.17) is 0 Å². The van der Waals surface area contributed by atoms with Gasteiger partial charge in [0.05, 0.1) is 0 Å². The molecule has 20 heavy (non-hydrogen) atoms. The lowest BCUT2D eigenvalue weighted by Gasteiger charge is -2.29. The normalized spacial score (nSPS) is 20.1. The van der Waals surface area contributed by atoms with Gasteiger partial charge in [-0.05, 0) is 37.8 Å². The molecule has 0 bridgehead atoms. The second kappa shape index (κ2) is 8.22. The largest absolute Gasteiger partial charge is 0.0836 e. The number of hydrogen-bond acceptors (Lipinski definition) is 0. The Morgan fingerprint density at radius 3 is 2.60 bits per heavy atom. The van der Waals surface area contributed by atoms with Crippen LogP contribution in [0.1, 0.15) is 39.5 Å². The van der Waals surface area contributed by atoms with Crippen molar-refractivity contribution in [1.82, 2.24) is 0 Å². The second-order valence-electron chi connectivity index (χ2n) is 5.18. The van der Waals surface area contributed by atoms with Crippen molar-refractivity contribution in [2.45, 2.75) is 45.2 Å². The zero-order chi connectivity index (χ0) is 14.2. The quantitative estimate of drug-likeness (QED) is 0.581. The summed E-state index contributed by atoms with van der Waals surface area (Å²) in [6.45, 7) is 4.55.